The van der Waals surface area contributed by atoms with Gasteiger partial charge in [-0.05, 0) is 18.1 Å². The third kappa shape index (κ3) is 3.63. The molecule has 1 aromatic heterocycles. The van der Waals surface area contributed by atoms with E-state index in [0.717, 1.165) is 16.7 Å². The first-order valence-corrected chi connectivity index (χ1v) is 7.97. The maximum Gasteiger partial charge on any atom is 0.356 e. The molecule has 0 saturated carbocycles. The Kier molecular flexibility index (Phi) is 4.99. The highest BCUT2D eigenvalue weighted by molar-refractivity contribution is 5.76. The van der Waals surface area contributed by atoms with Crippen molar-refractivity contribution in [3.63, 3.8) is 0 Å². The first kappa shape index (κ1) is 16.6. The number of ether oxygens (including phenoxy) is 1. The molecule has 0 aliphatic rings. The Morgan fingerprint density at radius 3 is 2.40 bits per heavy atom. The summed E-state index contributed by atoms with van der Waals surface area (Å²) in [5.41, 5.74) is 2.92. The molecule has 3 aromatic rings. The molecule has 0 aliphatic heterocycles. The van der Waals surface area contributed by atoms with Gasteiger partial charge in [-0.2, -0.15) is 0 Å². The first-order valence-electron chi connectivity index (χ1n) is 7.97. The van der Waals surface area contributed by atoms with Crippen molar-refractivity contribution >= 4 is 11.8 Å². The van der Waals surface area contributed by atoms with Gasteiger partial charge in [0.1, 0.15) is 0 Å². The zero-order valence-corrected chi connectivity index (χ0v) is 13.8. The van der Waals surface area contributed by atoms with E-state index in [1.807, 2.05) is 54.6 Å². The molecule has 1 unspecified atom stereocenters. The van der Waals surface area contributed by atoms with Crippen LogP contribution in [0, 0.1) is 4.91 Å². The Morgan fingerprint density at radius 1 is 1.12 bits per heavy atom. The molecule has 0 radical (unpaired) electrons. The summed E-state index contributed by atoms with van der Waals surface area (Å²) in [6, 6.07) is 17.0. The van der Waals surface area contributed by atoms with Crippen molar-refractivity contribution in [2.24, 2.45) is 5.18 Å². The van der Waals surface area contributed by atoms with Crippen LogP contribution in [0.2, 0.25) is 0 Å². The molecule has 6 heteroatoms. The molecule has 126 valence electrons. The van der Waals surface area contributed by atoms with Crippen LogP contribution in [0.25, 0.3) is 11.1 Å². The molecule has 1 atom stereocenters. The highest BCUT2D eigenvalue weighted by Crippen LogP contribution is 2.23. The number of aromatic nitrogens is 2. The predicted octanol–water partition coefficient (Wildman–Crippen LogP) is 3.52. The lowest BCUT2D eigenvalue weighted by Gasteiger charge is -2.13. The normalized spacial score (nSPS) is 11.7. The number of esters is 1. The summed E-state index contributed by atoms with van der Waals surface area (Å²) < 4.78 is 6.78. The molecule has 1 N–H and O–H groups in total. The zero-order chi connectivity index (χ0) is 17.6. The minimum atomic E-state index is -0.684. The number of carbonyl (C=O) groups excluding carboxylic acids is 1. The fourth-order valence-electron chi connectivity index (χ4n) is 2.69. The van der Waals surface area contributed by atoms with E-state index in [-0.39, 0.29) is 12.4 Å². The predicted molar refractivity (Wildman–Crippen MR) is 93.1 cm³/mol. The smallest absolute Gasteiger partial charge is 0.356 e. The van der Waals surface area contributed by atoms with E-state index in [1.165, 1.54) is 12.5 Å². The van der Waals surface area contributed by atoms with Gasteiger partial charge in [-0.15, -0.1) is 4.91 Å². The molecule has 0 amide bonds. The lowest BCUT2D eigenvalue weighted by molar-refractivity contribution is -0.700. The number of benzene rings is 2. The molecular formula is C19H18N3O3+. The number of H-pyrrole nitrogens is 1. The van der Waals surface area contributed by atoms with Crippen LogP contribution >= 0.6 is 0 Å². The average Bonchev–Trinajstić information content (AvgIpc) is 3.12. The fourth-order valence-corrected chi connectivity index (χ4v) is 2.69. The highest BCUT2D eigenvalue weighted by atomic mass is 16.5. The number of hydrogen-bond acceptors (Lipinski definition) is 4. The highest BCUT2D eigenvalue weighted by Gasteiger charge is 2.29. The van der Waals surface area contributed by atoms with Crippen LogP contribution < -0.4 is 4.57 Å². The largest absolute Gasteiger partial charge is 0.463 e. The molecular weight excluding hydrogens is 318 g/mol. The van der Waals surface area contributed by atoms with E-state index in [0.29, 0.717) is 0 Å². The monoisotopic (exact) mass is 336 g/mol. The van der Waals surface area contributed by atoms with Crippen molar-refractivity contribution < 1.29 is 14.1 Å². The van der Waals surface area contributed by atoms with Gasteiger partial charge in [0.2, 0.25) is 12.4 Å². The maximum absolute atomic E-state index is 12.4. The van der Waals surface area contributed by atoms with Gasteiger partial charge >= 0.3 is 5.97 Å². The van der Waals surface area contributed by atoms with Crippen molar-refractivity contribution in [2.45, 2.75) is 13.0 Å². The fraction of sp³-hybridized carbons (Fsp3) is 0.158. The molecule has 0 spiro atoms. The number of hydrogen-bond donors (Lipinski definition) is 1. The molecule has 0 aliphatic carbocycles. The lowest BCUT2D eigenvalue weighted by Crippen LogP contribution is -2.43. The van der Waals surface area contributed by atoms with Crippen molar-refractivity contribution in [3.8, 4) is 11.1 Å². The Hall–Kier alpha value is -3.28. The van der Waals surface area contributed by atoms with E-state index in [9.17, 15) is 9.70 Å². The second kappa shape index (κ2) is 7.53. The summed E-state index contributed by atoms with van der Waals surface area (Å²) in [5.74, 6) is -0.244. The minimum Gasteiger partial charge on any atom is -0.463 e. The number of aromatic amines is 1. The third-order valence-electron chi connectivity index (χ3n) is 3.87. The van der Waals surface area contributed by atoms with Crippen molar-refractivity contribution in [1.82, 2.24) is 4.98 Å². The van der Waals surface area contributed by atoms with E-state index < -0.39 is 12.0 Å². The molecule has 0 bridgehead atoms. The minimum absolute atomic E-state index is 0.148. The number of carbonyl (C=O) groups is 1. The van der Waals surface area contributed by atoms with Gasteiger partial charge in [0.05, 0.1) is 6.61 Å². The number of nitroso groups, excluding NO2 is 1. The van der Waals surface area contributed by atoms with Crippen LogP contribution in [0.1, 0.15) is 18.5 Å². The van der Waals surface area contributed by atoms with Gasteiger partial charge in [0, 0.05) is 10.7 Å². The second-order valence-electron chi connectivity index (χ2n) is 5.47. The van der Waals surface area contributed by atoms with Crippen LogP contribution in [0.3, 0.4) is 0 Å². The molecule has 6 nitrogen and oxygen atoms in total. The van der Waals surface area contributed by atoms with Gasteiger partial charge in [0.15, 0.2) is 6.20 Å². The van der Waals surface area contributed by atoms with E-state index in [4.69, 9.17) is 4.74 Å². The molecule has 25 heavy (non-hydrogen) atoms. The van der Waals surface area contributed by atoms with Crippen LogP contribution in [0.15, 0.2) is 72.3 Å². The van der Waals surface area contributed by atoms with Crippen LogP contribution in [0.5, 0.6) is 0 Å². The Bertz CT molecular complexity index is 857. The molecule has 0 saturated heterocycles. The maximum atomic E-state index is 12.4. The van der Waals surface area contributed by atoms with Gasteiger partial charge in [-0.1, -0.05) is 54.6 Å². The average molecular weight is 336 g/mol. The summed E-state index contributed by atoms with van der Waals surface area (Å²) in [6.45, 7) is 2.04. The Balaban J connectivity index is 1.95. The molecule has 2 aromatic carbocycles. The van der Waals surface area contributed by atoms with Gasteiger partial charge < -0.3 is 4.74 Å². The van der Waals surface area contributed by atoms with Gasteiger partial charge in [-0.25, -0.2) is 14.3 Å². The van der Waals surface area contributed by atoms with Crippen molar-refractivity contribution in [2.75, 3.05) is 6.61 Å². The first-order chi connectivity index (χ1) is 12.2. The van der Waals surface area contributed by atoms with E-state index in [2.05, 4.69) is 10.2 Å². The Labute approximate surface area is 145 Å². The van der Waals surface area contributed by atoms with Crippen LogP contribution in [0.4, 0.5) is 5.82 Å². The Morgan fingerprint density at radius 2 is 1.80 bits per heavy atom. The standard InChI is InChI=1S/C19H17N3O3/c1-2-25-19(23)18(22-12-17(21-24)20-13-22)16-10-8-15(9-11-16)14-6-4-3-5-7-14/h3-13,18H,2H2,1H3/p+1. The quantitative estimate of drug-likeness (QED) is 0.425. The number of rotatable bonds is 6. The summed E-state index contributed by atoms with van der Waals surface area (Å²) in [6.07, 6.45) is 3.02. The summed E-state index contributed by atoms with van der Waals surface area (Å²) >= 11 is 0. The number of imidazole rings is 1. The lowest BCUT2D eigenvalue weighted by atomic mass is 10.0. The third-order valence-corrected chi connectivity index (χ3v) is 3.87. The van der Waals surface area contributed by atoms with Gasteiger partial charge in [0.25, 0.3) is 5.82 Å². The SMILES string of the molecule is CCOC(=O)C(c1ccc(-c2ccccc2)cc1)[n+]1c[nH]c(N=O)c1. The zero-order valence-electron chi connectivity index (χ0n) is 13.8. The van der Waals surface area contributed by atoms with Crippen molar-refractivity contribution in [1.29, 1.82) is 0 Å². The van der Waals surface area contributed by atoms with Crippen LogP contribution in [-0.2, 0) is 9.53 Å². The topological polar surface area (TPSA) is 75.4 Å². The van der Waals surface area contributed by atoms with E-state index >= 15 is 0 Å². The molecule has 1 heterocycles. The summed E-state index contributed by atoms with van der Waals surface area (Å²) in [4.78, 5) is 25.8. The second-order valence-corrected chi connectivity index (χ2v) is 5.47. The van der Waals surface area contributed by atoms with Gasteiger partial charge in [-0.3, -0.25) is 0 Å². The molecule has 3 rings (SSSR count). The van der Waals surface area contributed by atoms with Crippen molar-refractivity contribution in [3.05, 3.63) is 77.6 Å². The number of nitrogens with zero attached hydrogens (tertiary/aromatic N) is 2. The number of nitrogens with one attached hydrogen (secondary N) is 1. The summed E-state index contributed by atoms with van der Waals surface area (Å²) in [5, 5.41) is 2.85. The van der Waals surface area contributed by atoms with E-state index in [1.54, 1.807) is 11.5 Å². The molecule has 0 fully saturated rings. The summed E-state index contributed by atoms with van der Waals surface area (Å²) in [7, 11) is 0. The van der Waals surface area contributed by atoms with Crippen LogP contribution in [-0.4, -0.2) is 17.6 Å².